The minimum Gasteiger partial charge on any atom is -0.338 e. The highest BCUT2D eigenvalue weighted by Crippen LogP contribution is 2.24. The van der Waals surface area contributed by atoms with E-state index in [1.165, 1.54) is 3.57 Å². The average molecular weight is 388 g/mol. The molecule has 2 aromatic heterocycles. The van der Waals surface area contributed by atoms with Crippen LogP contribution in [0.25, 0.3) is 33.8 Å². The zero-order valence-electron chi connectivity index (χ0n) is 10.7. The molecule has 0 atom stereocenters. The van der Waals surface area contributed by atoms with Gasteiger partial charge in [-0.25, -0.2) is 4.98 Å². The Morgan fingerprint density at radius 2 is 1.95 bits per heavy atom. The minimum atomic E-state index is 0.572. The summed E-state index contributed by atoms with van der Waals surface area (Å²) >= 11 is 2.29. The molecule has 0 aliphatic heterocycles. The number of benzene rings is 2. The molecule has 0 aliphatic carbocycles. The van der Waals surface area contributed by atoms with Crippen molar-refractivity contribution in [2.24, 2.45) is 0 Å². The van der Waals surface area contributed by atoms with Crippen LogP contribution in [0.1, 0.15) is 0 Å². The SMILES string of the molecule is Ic1cccc(-c2nc3ccc(-c4nn[nH]n4)cc3[nH]2)c1. The molecule has 102 valence electrons. The highest BCUT2D eigenvalue weighted by molar-refractivity contribution is 14.1. The van der Waals surface area contributed by atoms with Gasteiger partial charge in [-0.2, -0.15) is 5.21 Å². The van der Waals surface area contributed by atoms with Gasteiger partial charge >= 0.3 is 0 Å². The van der Waals surface area contributed by atoms with Gasteiger partial charge in [0.15, 0.2) is 0 Å². The van der Waals surface area contributed by atoms with Crippen molar-refractivity contribution in [3.05, 3.63) is 46.0 Å². The summed E-state index contributed by atoms with van der Waals surface area (Å²) < 4.78 is 1.18. The first kappa shape index (κ1) is 12.5. The van der Waals surface area contributed by atoms with E-state index in [4.69, 9.17) is 0 Å². The molecule has 0 aliphatic rings. The largest absolute Gasteiger partial charge is 0.338 e. The van der Waals surface area contributed by atoms with E-state index in [0.717, 1.165) is 28.0 Å². The lowest BCUT2D eigenvalue weighted by Gasteiger charge is -1.96. The van der Waals surface area contributed by atoms with Crippen LogP contribution in [0.4, 0.5) is 0 Å². The van der Waals surface area contributed by atoms with E-state index < -0.39 is 0 Å². The van der Waals surface area contributed by atoms with Crippen LogP contribution in [0.15, 0.2) is 42.5 Å². The smallest absolute Gasteiger partial charge is 0.204 e. The summed E-state index contributed by atoms with van der Waals surface area (Å²) in [5.41, 5.74) is 3.83. The fourth-order valence-corrected chi connectivity index (χ4v) is 2.75. The van der Waals surface area contributed by atoms with E-state index in [1.807, 2.05) is 30.3 Å². The number of halogens is 1. The van der Waals surface area contributed by atoms with Crippen LogP contribution >= 0.6 is 22.6 Å². The predicted octanol–water partition coefficient (Wildman–Crippen LogP) is 3.01. The number of nitrogens with zero attached hydrogens (tertiary/aromatic N) is 4. The molecule has 2 N–H and O–H groups in total. The zero-order valence-corrected chi connectivity index (χ0v) is 12.9. The number of hydrogen-bond acceptors (Lipinski definition) is 4. The number of aromatic amines is 2. The molecule has 0 spiro atoms. The lowest BCUT2D eigenvalue weighted by atomic mass is 10.2. The van der Waals surface area contributed by atoms with Crippen molar-refractivity contribution in [1.82, 2.24) is 30.6 Å². The van der Waals surface area contributed by atoms with Crippen molar-refractivity contribution in [3.63, 3.8) is 0 Å². The Balaban J connectivity index is 1.83. The molecule has 0 saturated carbocycles. The molecule has 0 fully saturated rings. The summed E-state index contributed by atoms with van der Waals surface area (Å²) in [6, 6.07) is 14.1. The molecule has 6 nitrogen and oxygen atoms in total. The highest BCUT2D eigenvalue weighted by atomic mass is 127. The van der Waals surface area contributed by atoms with Crippen molar-refractivity contribution < 1.29 is 0 Å². The van der Waals surface area contributed by atoms with E-state index in [0.29, 0.717) is 5.82 Å². The zero-order chi connectivity index (χ0) is 14.2. The summed E-state index contributed by atoms with van der Waals surface area (Å²) in [4.78, 5) is 7.96. The summed E-state index contributed by atoms with van der Waals surface area (Å²) in [6.45, 7) is 0. The molecular formula is C14H9IN6. The molecule has 0 unspecified atom stereocenters. The topological polar surface area (TPSA) is 83.1 Å². The first-order valence-electron chi connectivity index (χ1n) is 6.29. The van der Waals surface area contributed by atoms with E-state index in [9.17, 15) is 0 Å². The average Bonchev–Trinajstić information content (AvgIpc) is 3.16. The minimum absolute atomic E-state index is 0.572. The van der Waals surface area contributed by atoms with Crippen LogP contribution in [-0.4, -0.2) is 30.6 Å². The van der Waals surface area contributed by atoms with Crippen LogP contribution in [0.2, 0.25) is 0 Å². The molecule has 2 aromatic carbocycles. The maximum Gasteiger partial charge on any atom is 0.204 e. The van der Waals surface area contributed by atoms with Gasteiger partial charge in [0.1, 0.15) is 5.82 Å². The molecule has 0 radical (unpaired) electrons. The van der Waals surface area contributed by atoms with Crippen molar-refractivity contribution in [2.75, 3.05) is 0 Å². The van der Waals surface area contributed by atoms with Crippen LogP contribution in [0, 0.1) is 3.57 Å². The van der Waals surface area contributed by atoms with E-state index >= 15 is 0 Å². The van der Waals surface area contributed by atoms with Crippen molar-refractivity contribution in [2.45, 2.75) is 0 Å². The molecule has 0 amide bonds. The van der Waals surface area contributed by atoms with Crippen LogP contribution in [-0.2, 0) is 0 Å². The number of nitrogens with one attached hydrogen (secondary N) is 2. The van der Waals surface area contributed by atoms with Crippen LogP contribution in [0.5, 0.6) is 0 Å². The van der Waals surface area contributed by atoms with E-state index in [1.54, 1.807) is 0 Å². The molecule has 0 bridgehead atoms. The van der Waals surface area contributed by atoms with Gasteiger partial charge in [-0.3, -0.25) is 0 Å². The lowest BCUT2D eigenvalue weighted by molar-refractivity contribution is 0.881. The quantitative estimate of drug-likeness (QED) is 0.518. The highest BCUT2D eigenvalue weighted by Gasteiger charge is 2.09. The maximum absolute atomic E-state index is 4.62. The second-order valence-electron chi connectivity index (χ2n) is 4.56. The summed E-state index contributed by atoms with van der Waals surface area (Å²) in [5, 5.41) is 14.0. The fraction of sp³-hybridized carbons (Fsp3) is 0. The summed E-state index contributed by atoms with van der Waals surface area (Å²) in [7, 11) is 0. The van der Waals surface area contributed by atoms with Gasteiger partial charge in [0.2, 0.25) is 5.82 Å². The lowest BCUT2D eigenvalue weighted by Crippen LogP contribution is -1.81. The number of rotatable bonds is 2. The second kappa shape index (κ2) is 4.92. The van der Waals surface area contributed by atoms with E-state index in [2.05, 4.69) is 65.3 Å². The third-order valence-electron chi connectivity index (χ3n) is 3.18. The molecule has 4 aromatic rings. The maximum atomic E-state index is 4.62. The molecule has 4 rings (SSSR count). The number of tetrazole rings is 1. The predicted molar refractivity (Wildman–Crippen MR) is 87.4 cm³/mol. The number of hydrogen-bond donors (Lipinski definition) is 2. The van der Waals surface area contributed by atoms with Crippen LogP contribution in [0.3, 0.4) is 0 Å². The Morgan fingerprint density at radius 1 is 1.00 bits per heavy atom. The number of H-pyrrole nitrogens is 2. The molecule has 21 heavy (non-hydrogen) atoms. The molecule has 0 saturated heterocycles. The van der Waals surface area contributed by atoms with Crippen molar-refractivity contribution >= 4 is 33.6 Å². The van der Waals surface area contributed by atoms with Gasteiger partial charge in [-0.1, -0.05) is 12.1 Å². The van der Waals surface area contributed by atoms with Crippen molar-refractivity contribution in [3.8, 4) is 22.8 Å². The monoisotopic (exact) mass is 388 g/mol. The Kier molecular flexibility index (Phi) is 2.92. The number of fused-ring (bicyclic) bond motifs is 1. The Hall–Kier alpha value is -2.29. The van der Waals surface area contributed by atoms with Gasteiger partial charge in [0.25, 0.3) is 0 Å². The Bertz CT molecular complexity index is 912. The van der Waals surface area contributed by atoms with Gasteiger partial charge in [0.05, 0.1) is 11.0 Å². The van der Waals surface area contributed by atoms with Gasteiger partial charge in [0, 0.05) is 14.7 Å². The van der Waals surface area contributed by atoms with Gasteiger partial charge in [-0.05, 0) is 58.1 Å². The summed E-state index contributed by atoms with van der Waals surface area (Å²) in [5.74, 6) is 1.43. The fourth-order valence-electron chi connectivity index (χ4n) is 2.21. The third kappa shape index (κ3) is 2.29. The normalized spacial score (nSPS) is 11.1. The first-order valence-corrected chi connectivity index (χ1v) is 7.37. The summed E-state index contributed by atoms with van der Waals surface area (Å²) in [6.07, 6.45) is 0. The van der Waals surface area contributed by atoms with Crippen LogP contribution < -0.4 is 0 Å². The van der Waals surface area contributed by atoms with Gasteiger partial charge < -0.3 is 4.98 Å². The van der Waals surface area contributed by atoms with Gasteiger partial charge in [-0.15, -0.1) is 10.2 Å². The molecular weight excluding hydrogens is 379 g/mol. The second-order valence-corrected chi connectivity index (χ2v) is 5.81. The van der Waals surface area contributed by atoms with Crippen molar-refractivity contribution in [1.29, 1.82) is 0 Å². The third-order valence-corrected chi connectivity index (χ3v) is 3.85. The standard InChI is InChI=1S/C14H9IN6/c15-10-3-1-2-8(6-10)13-16-11-5-4-9(7-12(11)17-13)14-18-20-21-19-14/h1-7H,(H,16,17)(H,18,19,20,21). The molecule has 2 heterocycles. The van der Waals surface area contributed by atoms with E-state index in [-0.39, 0.29) is 0 Å². The first-order chi connectivity index (χ1) is 10.3. The number of aromatic nitrogens is 6. The Labute approximate surface area is 133 Å². The Morgan fingerprint density at radius 3 is 2.76 bits per heavy atom. The molecule has 7 heteroatoms. The number of imidazole rings is 1.